The molecule has 1 aromatic heterocycles. The van der Waals surface area contributed by atoms with E-state index in [-0.39, 0.29) is 17.7 Å². The average molecular weight is 358 g/mol. The lowest BCUT2D eigenvalue weighted by Gasteiger charge is -2.17. The first kappa shape index (κ1) is 19.5. The zero-order chi connectivity index (χ0) is 19.1. The van der Waals surface area contributed by atoms with Crippen LogP contribution in [0.5, 0.6) is 0 Å². The van der Waals surface area contributed by atoms with Crippen LogP contribution in [0, 0.1) is 0 Å². The second kappa shape index (κ2) is 9.03. The summed E-state index contributed by atoms with van der Waals surface area (Å²) in [6.45, 7) is 1.79. The molecule has 0 saturated heterocycles. The summed E-state index contributed by atoms with van der Waals surface area (Å²) in [5.41, 5.74) is 1.96. The maximum atomic E-state index is 12.5. The Hall–Kier alpha value is -2.83. The van der Waals surface area contributed by atoms with Gasteiger partial charge < -0.3 is 20.5 Å². The molecule has 3 N–H and O–H groups in total. The first-order valence-corrected chi connectivity index (χ1v) is 8.68. The molecule has 7 heteroatoms. The molecule has 1 atom stereocenters. The van der Waals surface area contributed by atoms with Crippen molar-refractivity contribution in [2.75, 3.05) is 20.6 Å². The summed E-state index contributed by atoms with van der Waals surface area (Å²) >= 11 is 0. The van der Waals surface area contributed by atoms with Crippen LogP contribution in [-0.2, 0) is 20.8 Å². The number of amides is 3. The van der Waals surface area contributed by atoms with Crippen LogP contribution in [0.15, 0.2) is 30.5 Å². The zero-order valence-electron chi connectivity index (χ0n) is 15.5. The van der Waals surface area contributed by atoms with Crippen LogP contribution in [0.3, 0.4) is 0 Å². The molecule has 0 aliphatic carbocycles. The quantitative estimate of drug-likeness (QED) is 0.619. The third-order valence-electron chi connectivity index (χ3n) is 4.16. The second-order valence-corrected chi connectivity index (χ2v) is 6.50. The fourth-order valence-electron chi connectivity index (χ4n) is 2.77. The number of hydrogen-bond acceptors (Lipinski definition) is 3. The highest BCUT2D eigenvalue weighted by Crippen LogP contribution is 2.19. The number of fused-ring (bicyclic) bond motifs is 1. The van der Waals surface area contributed by atoms with E-state index in [1.54, 1.807) is 14.1 Å². The molecule has 0 radical (unpaired) electrons. The Kier molecular flexibility index (Phi) is 6.77. The molecular formula is C19H26N4O3. The molecule has 1 heterocycles. The molecule has 0 aliphatic rings. The van der Waals surface area contributed by atoms with Crippen molar-refractivity contribution >= 4 is 28.6 Å². The fourth-order valence-corrected chi connectivity index (χ4v) is 2.77. The van der Waals surface area contributed by atoms with Crippen LogP contribution in [0.25, 0.3) is 10.9 Å². The number of nitrogens with zero attached hydrogens (tertiary/aromatic N) is 1. The summed E-state index contributed by atoms with van der Waals surface area (Å²) < 4.78 is 0. The summed E-state index contributed by atoms with van der Waals surface area (Å²) in [6, 6.07) is 7.17. The molecule has 26 heavy (non-hydrogen) atoms. The highest BCUT2D eigenvalue weighted by molar-refractivity contribution is 5.89. The predicted molar refractivity (Wildman–Crippen MR) is 101 cm³/mol. The molecule has 7 nitrogen and oxygen atoms in total. The first-order chi connectivity index (χ1) is 12.4. The van der Waals surface area contributed by atoms with Gasteiger partial charge in [0.25, 0.3) is 0 Å². The number of carbonyl (C=O) groups excluding carboxylic acids is 3. The Morgan fingerprint density at radius 3 is 2.62 bits per heavy atom. The van der Waals surface area contributed by atoms with E-state index in [0.29, 0.717) is 25.8 Å². The number of nitrogens with one attached hydrogen (secondary N) is 3. The van der Waals surface area contributed by atoms with Gasteiger partial charge >= 0.3 is 0 Å². The van der Waals surface area contributed by atoms with Gasteiger partial charge in [-0.3, -0.25) is 14.4 Å². The molecule has 2 aromatic rings. The normalized spacial score (nSPS) is 11.8. The van der Waals surface area contributed by atoms with E-state index < -0.39 is 6.04 Å². The molecule has 0 saturated carbocycles. The topological polar surface area (TPSA) is 94.3 Å². The van der Waals surface area contributed by atoms with Crippen molar-refractivity contribution in [3.8, 4) is 0 Å². The van der Waals surface area contributed by atoms with Crippen LogP contribution in [0.1, 0.15) is 25.3 Å². The van der Waals surface area contributed by atoms with Crippen LogP contribution >= 0.6 is 0 Å². The summed E-state index contributed by atoms with van der Waals surface area (Å²) in [5.74, 6) is -0.480. The van der Waals surface area contributed by atoms with E-state index in [0.717, 1.165) is 16.5 Å². The van der Waals surface area contributed by atoms with Crippen LogP contribution in [-0.4, -0.2) is 54.3 Å². The lowest BCUT2D eigenvalue weighted by molar-refractivity contribution is -0.129. The number of H-pyrrole nitrogens is 1. The zero-order valence-corrected chi connectivity index (χ0v) is 15.5. The Balaban J connectivity index is 1.96. The smallest absolute Gasteiger partial charge is 0.242 e. The van der Waals surface area contributed by atoms with Crippen LogP contribution < -0.4 is 10.6 Å². The van der Waals surface area contributed by atoms with Gasteiger partial charge in [0.05, 0.1) is 0 Å². The third kappa shape index (κ3) is 5.34. The lowest BCUT2D eigenvalue weighted by atomic mass is 10.0. The monoisotopic (exact) mass is 358 g/mol. The largest absolute Gasteiger partial charge is 0.361 e. The molecule has 3 amide bonds. The molecule has 1 aromatic carbocycles. The Morgan fingerprint density at radius 1 is 1.19 bits per heavy atom. The number of aromatic nitrogens is 1. The SMILES string of the molecule is CC(=O)NC(Cc1c[nH]c2ccccc12)C(=O)NCCCC(=O)N(C)C. The highest BCUT2D eigenvalue weighted by atomic mass is 16.2. The van der Waals surface area contributed by atoms with Crippen molar-refractivity contribution < 1.29 is 14.4 Å². The van der Waals surface area contributed by atoms with Gasteiger partial charge in [-0.2, -0.15) is 0 Å². The van der Waals surface area contributed by atoms with Gasteiger partial charge in [0.1, 0.15) is 6.04 Å². The molecule has 0 bridgehead atoms. The summed E-state index contributed by atoms with van der Waals surface area (Å²) in [4.78, 5) is 40.2. The first-order valence-electron chi connectivity index (χ1n) is 8.68. The van der Waals surface area contributed by atoms with Gasteiger partial charge in [-0.1, -0.05) is 18.2 Å². The van der Waals surface area contributed by atoms with E-state index in [4.69, 9.17) is 0 Å². The Labute approximate surface area is 153 Å². The fraction of sp³-hybridized carbons (Fsp3) is 0.421. The van der Waals surface area contributed by atoms with Crippen molar-refractivity contribution in [1.82, 2.24) is 20.5 Å². The number of carbonyl (C=O) groups is 3. The van der Waals surface area contributed by atoms with E-state index >= 15 is 0 Å². The standard InChI is InChI=1S/C19H26N4O3/c1-13(24)22-17(19(26)20-10-6-9-18(25)23(2)3)11-14-12-21-16-8-5-4-7-15(14)16/h4-5,7-8,12,17,21H,6,9-11H2,1-3H3,(H,20,26)(H,22,24). The molecular weight excluding hydrogens is 332 g/mol. The van der Waals surface area contributed by atoms with E-state index in [1.807, 2.05) is 30.5 Å². The van der Waals surface area contributed by atoms with Crippen molar-refractivity contribution in [1.29, 1.82) is 0 Å². The molecule has 140 valence electrons. The number of hydrogen-bond donors (Lipinski definition) is 3. The minimum Gasteiger partial charge on any atom is -0.361 e. The van der Waals surface area contributed by atoms with Gasteiger partial charge in [-0.05, 0) is 18.1 Å². The summed E-state index contributed by atoms with van der Waals surface area (Å²) in [6.07, 6.45) is 3.19. The van der Waals surface area contributed by atoms with Gasteiger partial charge in [0, 0.05) is 57.5 Å². The highest BCUT2D eigenvalue weighted by Gasteiger charge is 2.21. The molecule has 2 rings (SSSR count). The van der Waals surface area contributed by atoms with Gasteiger partial charge in [0.15, 0.2) is 0 Å². The van der Waals surface area contributed by atoms with E-state index in [2.05, 4.69) is 15.6 Å². The predicted octanol–water partition coefficient (Wildman–Crippen LogP) is 1.20. The van der Waals surface area contributed by atoms with Gasteiger partial charge in [0.2, 0.25) is 17.7 Å². The van der Waals surface area contributed by atoms with Crippen molar-refractivity contribution in [3.05, 3.63) is 36.0 Å². The second-order valence-electron chi connectivity index (χ2n) is 6.50. The summed E-state index contributed by atoms with van der Waals surface area (Å²) in [5, 5.41) is 6.55. The number of benzene rings is 1. The van der Waals surface area contributed by atoms with Crippen molar-refractivity contribution in [3.63, 3.8) is 0 Å². The molecule has 0 spiro atoms. The Bertz CT molecular complexity index is 782. The molecule has 0 fully saturated rings. The van der Waals surface area contributed by atoms with Crippen molar-refractivity contribution in [2.24, 2.45) is 0 Å². The minimum atomic E-state index is -0.656. The third-order valence-corrected chi connectivity index (χ3v) is 4.16. The molecule has 0 aliphatic heterocycles. The van der Waals surface area contributed by atoms with Gasteiger partial charge in [-0.25, -0.2) is 0 Å². The van der Waals surface area contributed by atoms with Crippen LogP contribution in [0.2, 0.25) is 0 Å². The minimum absolute atomic E-state index is 0.0245. The molecule has 1 unspecified atom stereocenters. The van der Waals surface area contributed by atoms with E-state index in [9.17, 15) is 14.4 Å². The maximum absolute atomic E-state index is 12.5. The maximum Gasteiger partial charge on any atom is 0.242 e. The van der Waals surface area contributed by atoms with Gasteiger partial charge in [-0.15, -0.1) is 0 Å². The number of aromatic amines is 1. The summed E-state index contributed by atoms with van der Waals surface area (Å²) in [7, 11) is 3.41. The lowest BCUT2D eigenvalue weighted by Crippen LogP contribution is -2.47. The average Bonchev–Trinajstić information content (AvgIpc) is 3.00. The Morgan fingerprint density at radius 2 is 1.92 bits per heavy atom. The number of rotatable bonds is 8. The van der Waals surface area contributed by atoms with Crippen molar-refractivity contribution in [2.45, 2.75) is 32.2 Å². The van der Waals surface area contributed by atoms with Crippen LogP contribution in [0.4, 0.5) is 0 Å². The number of para-hydroxylation sites is 1. The van der Waals surface area contributed by atoms with E-state index in [1.165, 1.54) is 11.8 Å².